The van der Waals surface area contributed by atoms with Gasteiger partial charge in [0.2, 0.25) is 11.8 Å². The Hall–Kier alpha value is -2.37. The number of rotatable bonds is 4. The number of nitrogen functional groups attached to an aromatic ring is 1. The standard InChI is InChI=1S/C14H19N5O/c1-8-5-10(3)18-13(20-4)11(8)7-16-12-9(2)6-17-14(15)19-12/h5-6H,7H2,1-4H3,(H3,15,16,17,19). The molecule has 3 N–H and O–H groups in total. The van der Waals surface area contributed by atoms with E-state index in [9.17, 15) is 0 Å². The third kappa shape index (κ3) is 2.96. The fourth-order valence-corrected chi connectivity index (χ4v) is 2.02. The van der Waals surface area contributed by atoms with Gasteiger partial charge in [0, 0.05) is 29.6 Å². The number of ether oxygens (including phenoxy) is 1. The van der Waals surface area contributed by atoms with E-state index in [4.69, 9.17) is 10.5 Å². The van der Waals surface area contributed by atoms with Gasteiger partial charge in [0.25, 0.3) is 0 Å². The maximum absolute atomic E-state index is 5.60. The molecule has 0 bridgehead atoms. The van der Waals surface area contributed by atoms with E-state index in [2.05, 4.69) is 20.3 Å². The molecule has 0 unspecified atom stereocenters. The van der Waals surface area contributed by atoms with Gasteiger partial charge in [0.15, 0.2) is 0 Å². The summed E-state index contributed by atoms with van der Waals surface area (Å²) in [6.07, 6.45) is 1.70. The summed E-state index contributed by atoms with van der Waals surface area (Å²) in [6.45, 7) is 6.48. The first-order valence-corrected chi connectivity index (χ1v) is 6.35. The molecule has 2 heterocycles. The monoisotopic (exact) mass is 273 g/mol. The molecule has 0 spiro atoms. The average molecular weight is 273 g/mol. The third-order valence-corrected chi connectivity index (χ3v) is 3.05. The number of anilines is 2. The first-order valence-electron chi connectivity index (χ1n) is 6.35. The van der Waals surface area contributed by atoms with E-state index in [0.717, 1.165) is 28.2 Å². The number of pyridine rings is 1. The van der Waals surface area contributed by atoms with Gasteiger partial charge in [-0.3, -0.25) is 0 Å². The Morgan fingerprint density at radius 3 is 2.65 bits per heavy atom. The lowest BCUT2D eigenvalue weighted by molar-refractivity contribution is 0.391. The summed E-state index contributed by atoms with van der Waals surface area (Å²) in [7, 11) is 1.62. The van der Waals surface area contributed by atoms with Crippen LogP contribution in [0.3, 0.4) is 0 Å². The SMILES string of the molecule is COc1nc(C)cc(C)c1CNc1nc(N)ncc1C. The highest BCUT2D eigenvalue weighted by Crippen LogP contribution is 2.22. The number of aryl methyl sites for hydroxylation is 3. The van der Waals surface area contributed by atoms with Crippen LogP contribution in [0.4, 0.5) is 11.8 Å². The highest BCUT2D eigenvalue weighted by atomic mass is 16.5. The molecule has 0 atom stereocenters. The molecule has 2 rings (SSSR count). The Balaban J connectivity index is 2.25. The van der Waals surface area contributed by atoms with Crippen molar-refractivity contribution in [3.05, 3.63) is 34.6 Å². The Morgan fingerprint density at radius 2 is 1.95 bits per heavy atom. The predicted octanol–water partition coefficient (Wildman–Crippen LogP) is 2.00. The minimum Gasteiger partial charge on any atom is -0.481 e. The van der Waals surface area contributed by atoms with Crippen LogP contribution >= 0.6 is 0 Å². The summed E-state index contributed by atoms with van der Waals surface area (Å²) < 4.78 is 5.34. The second-order valence-corrected chi connectivity index (χ2v) is 4.68. The van der Waals surface area contributed by atoms with Crippen molar-refractivity contribution in [2.24, 2.45) is 0 Å². The number of nitrogens with one attached hydrogen (secondary N) is 1. The van der Waals surface area contributed by atoms with Crippen molar-refractivity contribution in [3.63, 3.8) is 0 Å². The zero-order chi connectivity index (χ0) is 14.7. The van der Waals surface area contributed by atoms with Crippen molar-refractivity contribution in [1.82, 2.24) is 15.0 Å². The normalized spacial score (nSPS) is 10.4. The molecule has 0 aliphatic rings. The molecule has 106 valence electrons. The molecule has 2 aromatic heterocycles. The lowest BCUT2D eigenvalue weighted by Gasteiger charge is -2.14. The van der Waals surface area contributed by atoms with Gasteiger partial charge in [-0.2, -0.15) is 4.98 Å². The molecule has 2 aromatic rings. The number of nitrogens with two attached hydrogens (primary N) is 1. The number of nitrogens with zero attached hydrogens (tertiary/aromatic N) is 3. The maximum atomic E-state index is 5.60. The van der Waals surface area contributed by atoms with Gasteiger partial charge in [-0.25, -0.2) is 9.97 Å². The van der Waals surface area contributed by atoms with E-state index in [1.54, 1.807) is 13.3 Å². The molecule has 0 aromatic carbocycles. The van der Waals surface area contributed by atoms with Crippen LogP contribution in [-0.2, 0) is 6.54 Å². The van der Waals surface area contributed by atoms with Crippen molar-refractivity contribution in [1.29, 1.82) is 0 Å². The van der Waals surface area contributed by atoms with Crippen LogP contribution in [0.25, 0.3) is 0 Å². The van der Waals surface area contributed by atoms with Gasteiger partial charge in [-0.05, 0) is 32.4 Å². The van der Waals surface area contributed by atoms with E-state index in [0.29, 0.717) is 12.4 Å². The second kappa shape index (κ2) is 5.73. The Morgan fingerprint density at radius 1 is 1.20 bits per heavy atom. The van der Waals surface area contributed by atoms with Gasteiger partial charge in [-0.15, -0.1) is 0 Å². The van der Waals surface area contributed by atoms with Crippen LogP contribution in [0, 0.1) is 20.8 Å². The van der Waals surface area contributed by atoms with Crippen LogP contribution in [0.2, 0.25) is 0 Å². The van der Waals surface area contributed by atoms with Crippen molar-refractivity contribution < 1.29 is 4.74 Å². The van der Waals surface area contributed by atoms with Gasteiger partial charge < -0.3 is 15.8 Å². The first kappa shape index (κ1) is 14.0. The Bertz CT molecular complexity index is 627. The summed E-state index contributed by atoms with van der Waals surface area (Å²) in [5.74, 6) is 1.61. The lowest BCUT2D eigenvalue weighted by atomic mass is 10.1. The number of aromatic nitrogens is 3. The Kier molecular flexibility index (Phi) is 4.02. The molecular formula is C14H19N5O. The van der Waals surface area contributed by atoms with Crippen LogP contribution in [0.5, 0.6) is 5.88 Å². The van der Waals surface area contributed by atoms with E-state index in [1.165, 1.54) is 0 Å². The van der Waals surface area contributed by atoms with Gasteiger partial charge in [0.05, 0.1) is 7.11 Å². The highest BCUT2D eigenvalue weighted by molar-refractivity contribution is 5.47. The zero-order valence-electron chi connectivity index (χ0n) is 12.2. The van der Waals surface area contributed by atoms with Crippen molar-refractivity contribution >= 4 is 11.8 Å². The molecule has 0 aliphatic heterocycles. The second-order valence-electron chi connectivity index (χ2n) is 4.68. The summed E-state index contributed by atoms with van der Waals surface area (Å²) in [6, 6.07) is 2.03. The Labute approximate surface area is 118 Å². The third-order valence-electron chi connectivity index (χ3n) is 3.05. The minimum atomic E-state index is 0.254. The highest BCUT2D eigenvalue weighted by Gasteiger charge is 2.10. The van der Waals surface area contributed by atoms with E-state index in [-0.39, 0.29) is 5.95 Å². The smallest absolute Gasteiger partial charge is 0.221 e. The van der Waals surface area contributed by atoms with Crippen LogP contribution in [0.15, 0.2) is 12.3 Å². The summed E-state index contributed by atoms with van der Waals surface area (Å²) in [5, 5.41) is 3.25. The van der Waals surface area contributed by atoms with Gasteiger partial charge >= 0.3 is 0 Å². The van der Waals surface area contributed by atoms with E-state index >= 15 is 0 Å². The predicted molar refractivity (Wildman–Crippen MR) is 78.8 cm³/mol. The molecular weight excluding hydrogens is 254 g/mol. The fourth-order valence-electron chi connectivity index (χ4n) is 2.02. The molecule has 20 heavy (non-hydrogen) atoms. The lowest BCUT2D eigenvalue weighted by Crippen LogP contribution is -2.09. The molecule has 0 fully saturated rings. The van der Waals surface area contributed by atoms with Crippen molar-refractivity contribution in [2.75, 3.05) is 18.2 Å². The zero-order valence-corrected chi connectivity index (χ0v) is 12.2. The molecule has 0 aliphatic carbocycles. The minimum absolute atomic E-state index is 0.254. The summed E-state index contributed by atoms with van der Waals surface area (Å²) in [5.41, 5.74) is 9.61. The quantitative estimate of drug-likeness (QED) is 0.886. The maximum Gasteiger partial charge on any atom is 0.221 e. The van der Waals surface area contributed by atoms with Crippen LogP contribution < -0.4 is 15.8 Å². The number of hydrogen-bond acceptors (Lipinski definition) is 6. The average Bonchev–Trinajstić information content (AvgIpc) is 2.40. The first-order chi connectivity index (χ1) is 9.51. The molecule has 0 saturated heterocycles. The van der Waals surface area contributed by atoms with Crippen molar-refractivity contribution in [2.45, 2.75) is 27.3 Å². The van der Waals surface area contributed by atoms with Crippen LogP contribution in [0.1, 0.15) is 22.4 Å². The molecule has 0 radical (unpaired) electrons. The van der Waals surface area contributed by atoms with Gasteiger partial charge in [-0.1, -0.05) is 0 Å². The summed E-state index contributed by atoms with van der Waals surface area (Å²) >= 11 is 0. The van der Waals surface area contributed by atoms with E-state index in [1.807, 2.05) is 26.8 Å². The molecule has 0 amide bonds. The number of hydrogen-bond donors (Lipinski definition) is 2. The molecule has 6 nitrogen and oxygen atoms in total. The summed E-state index contributed by atoms with van der Waals surface area (Å²) in [4.78, 5) is 12.5. The van der Waals surface area contributed by atoms with E-state index < -0.39 is 0 Å². The molecule has 0 saturated carbocycles. The van der Waals surface area contributed by atoms with Gasteiger partial charge in [0.1, 0.15) is 5.82 Å². The van der Waals surface area contributed by atoms with Crippen LogP contribution in [-0.4, -0.2) is 22.1 Å². The van der Waals surface area contributed by atoms with Crippen molar-refractivity contribution in [3.8, 4) is 5.88 Å². The fraction of sp³-hybridized carbons (Fsp3) is 0.357. The molecule has 6 heteroatoms. The topological polar surface area (TPSA) is 86.0 Å². The largest absolute Gasteiger partial charge is 0.481 e. The number of methoxy groups -OCH3 is 1.